The third kappa shape index (κ3) is 4.26. The molecule has 0 aliphatic carbocycles. The van der Waals surface area contributed by atoms with Crippen LogP contribution in [0.5, 0.6) is 0 Å². The number of carbonyl (C=O) groups excluding carboxylic acids is 1. The van der Waals surface area contributed by atoms with Gasteiger partial charge in [-0.2, -0.15) is 0 Å². The van der Waals surface area contributed by atoms with Crippen LogP contribution in [0.15, 0.2) is 47.7 Å². The van der Waals surface area contributed by atoms with E-state index in [-0.39, 0.29) is 17.4 Å². The zero-order valence-electron chi connectivity index (χ0n) is 17.1. The van der Waals surface area contributed by atoms with Crippen molar-refractivity contribution >= 4 is 16.8 Å². The highest BCUT2D eigenvalue weighted by Crippen LogP contribution is 2.22. The molecule has 152 valence electrons. The van der Waals surface area contributed by atoms with Crippen molar-refractivity contribution in [2.75, 3.05) is 13.1 Å². The number of rotatable bonds is 5. The molecule has 1 N–H and O–H groups in total. The smallest absolute Gasteiger partial charge is 0.253 e. The van der Waals surface area contributed by atoms with Gasteiger partial charge in [-0.15, -0.1) is 0 Å². The van der Waals surface area contributed by atoms with Crippen molar-refractivity contribution in [2.24, 2.45) is 5.92 Å². The summed E-state index contributed by atoms with van der Waals surface area (Å²) < 4.78 is 1.71. The summed E-state index contributed by atoms with van der Waals surface area (Å²) >= 11 is 0. The molecule has 6 heteroatoms. The molecule has 29 heavy (non-hydrogen) atoms. The van der Waals surface area contributed by atoms with E-state index in [0.29, 0.717) is 18.9 Å². The summed E-state index contributed by atoms with van der Waals surface area (Å²) in [5, 5.41) is 1.12. The molecular weight excluding hydrogens is 364 g/mol. The summed E-state index contributed by atoms with van der Waals surface area (Å²) in [5.41, 5.74) is 2.97. The van der Waals surface area contributed by atoms with E-state index in [2.05, 4.69) is 16.0 Å². The van der Waals surface area contributed by atoms with Gasteiger partial charge in [0.05, 0.1) is 18.4 Å². The Labute approximate surface area is 170 Å². The first-order chi connectivity index (χ1) is 14.0. The predicted molar refractivity (Wildman–Crippen MR) is 114 cm³/mol. The summed E-state index contributed by atoms with van der Waals surface area (Å²) in [6, 6.07) is 9.72. The molecule has 1 aliphatic rings. The number of fused-ring (bicyclic) bond motifs is 1. The number of hydrogen-bond donors (Lipinski definition) is 1. The van der Waals surface area contributed by atoms with E-state index in [4.69, 9.17) is 0 Å². The number of hydrogen-bond acceptors (Lipinski definition) is 3. The first-order valence-corrected chi connectivity index (χ1v) is 10.4. The fraction of sp³-hybridized carbons (Fsp3) is 0.435. The van der Waals surface area contributed by atoms with E-state index in [1.165, 1.54) is 0 Å². The van der Waals surface area contributed by atoms with E-state index in [9.17, 15) is 9.59 Å². The topological polar surface area (TPSA) is 71.0 Å². The maximum absolute atomic E-state index is 12.8. The van der Waals surface area contributed by atoms with Crippen LogP contribution in [0.2, 0.25) is 0 Å². The standard InChI is InChI=1S/C23H28N4O2/c1-16(2)21-12-23(29)27(15-25-21)14-17-7-9-26(10-8-17)22(28)11-18-13-24-20-6-4-3-5-19(18)20/h3-6,12-13,15-17,24H,7-11,14H2,1-2H3. The second-order valence-electron chi connectivity index (χ2n) is 8.32. The van der Waals surface area contributed by atoms with E-state index < -0.39 is 0 Å². The van der Waals surface area contributed by atoms with Gasteiger partial charge < -0.3 is 9.88 Å². The molecule has 1 aliphatic heterocycles. The Morgan fingerprint density at radius 3 is 2.72 bits per heavy atom. The molecule has 3 heterocycles. The van der Waals surface area contributed by atoms with Crippen molar-refractivity contribution in [3.63, 3.8) is 0 Å². The van der Waals surface area contributed by atoms with Crippen LogP contribution in [0.1, 0.15) is 43.9 Å². The number of nitrogens with zero attached hydrogens (tertiary/aromatic N) is 3. The first kappa shape index (κ1) is 19.4. The molecule has 0 bridgehead atoms. The van der Waals surface area contributed by atoms with Crippen molar-refractivity contribution in [3.05, 3.63) is 64.5 Å². The lowest BCUT2D eigenvalue weighted by molar-refractivity contribution is -0.131. The lowest BCUT2D eigenvalue weighted by atomic mass is 9.96. The molecule has 6 nitrogen and oxygen atoms in total. The quantitative estimate of drug-likeness (QED) is 0.724. The summed E-state index contributed by atoms with van der Waals surface area (Å²) in [6.07, 6.45) is 5.87. The Morgan fingerprint density at radius 1 is 1.24 bits per heavy atom. The number of likely N-dealkylation sites (tertiary alicyclic amines) is 1. The average Bonchev–Trinajstić information content (AvgIpc) is 3.13. The summed E-state index contributed by atoms with van der Waals surface area (Å²) in [7, 11) is 0. The minimum absolute atomic E-state index is 0.0153. The van der Waals surface area contributed by atoms with Crippen LogP contribution in [-0.4, -0.2) is 38.4 Å². The first-order valence-electron chi connectivity index (χ1n) is 10.4. The number of piperidine rings is 1. The van der Waals surface area contributed by atoms with Crippen LogP contribution in [0.25, 0.3) is 10.9 Å². The van der Waals surface area contributed by atoms with Crippen LogP contribution in [-0.2, 0) is 17.8 Å². The van der Waals surface area contributed by atoms with Gasteiger partial charge in [-0.05, 0) is 36.3 Å². The van der Waals surface area contributed by atoms with Gasteiger partial charge in [-0.3, -0.25) is 14.2 Å². The van der Waals surface area contributed by atoms with Gasteiger partial charge in [-0.1, -0.05) is 32.0 Å². The van der Waals surface area contributed by atoms with Gasteiger partial charge in [0.1, 0.15) is 0 Å². The third-order valence-corrected chi connectivity index (χ3v) is 5.93. The van der Waals surface area contributed by atoms with Gasteiger partial charge >= 0.3 is 0 Å². The van der Waals surface area contributed by atoms with Crippen LogP contribution in [0.4, 0.5) is 0 Å². The van der Waals surface area contributed by atoms with Crippen molar-refractivity contribution in [2.45, 2.75) is 45.6 Å². The maximum atomic E-state index is 12.8. The van der Waals surface area contributed by atoms with Gasteiger partial charge in [0.25, 0.3) is 5.56 Å². The summed E-state index contributed by atoms with van der Waals surface area (Å²) in [4.78, 5) is 34.7. The number of amides is 1. The lowest BCUT2D eigenvalue weighted by Crippen LogP contribution is -2.40. The van der Waals surface area contributed by atoms with Gasteiger partial charge in [-0.25, -0.2) is 4.98 Å². The third-order valence-electron chi connectivity index (χ3n) is 5.93. The van der Waals surface area contributed by atoms with Crippen LogP contribution >= 0.6 is 0 Å². The predicted octanol–water partition coefficient (Wildman–Crippen LogP) is 3.33. The minimum Gasteiger partial charge on any atom is -0.361 e. The monoisotopic (exact) mass is 392 g/mol. The molecule has 1 amide bonds. The molecule has 0 radical (unpaired) electrons. The van der Waals surface area contributed by atoms with Crippen molar-refractivity contribution in [3.8, 4) is 0 Å². The Bertz CT molecular complexity index is 1060. The molecule has 0 spiro atoms. The van der Waals surface area contributed by atoms with Crippen LogP contribution in [0.3, 0.4) is 0 Å². The molecule has 0 unspecified atom stereocenters. The Morgan fingerprint density at radius 2 is 2.00 bits per heavy atom. The molecule has 3 aromatic rings. The summed E-state index contributed by atoms with van der Waals surface area (Å²) in [5.74, 6) is 0.827. The molecule has 0 saturated carbocycles. The van der Waals surface area contributed by atoms with E-state index in [1.807, 2.05) is 43.1 Å². The second-order valence-corrected chi connectivity index (χ2v) is 8.32. The van der Waals surface area contributed by atoms with Gasteiger partial charge in [0.2, 0.25) is 5.91 Å². The number of para-hydroxylation sites is 1. The molecule has 0 atom stereocenters. The number of H-pyrrole nitrogens is 1. The van der Waals surface area contributed by atoms with Crippen molar-refractivity contribution in [1.29, 1.82) is 0 Å². The minimum atomic E-state index is 0.0153. The highest BCUT2D eigenvalue weighted by Gasteiger charge is 2.24. The zero-order valence-corrected chi connectivity index (χ0v) is 17.1. The Hall–Kier alpha value is -2.89. The average molecular weight is 393 g/mol. The highest BCUT2D eigenvalue weighted by atomic mass is 16.2. The number of carbonyl (C=O) groups is 1. The highest BCUT2D eigenvalue weighted by molar-refractivity contribution is 5.88. The van der Waals surface area contributed by atoms with E-state index in [0.717, 1.165) is 48.1 Å². The number of nitrogens with one attached hydrogen (secondary N) is 1. The maximum Gasteiger partial charge on any atom is 0.253 e. The Balaban J connectivity index is 1.33. The summed E-state index contributed by atoms with van der Waals surface area (Å²) in [6.45, 7) is 6.25. The molecule has 1 aromatic carbocycles. The van der Waals surface area contributed by atoms with Gasteiger partial charge in [0.15, 0.2) is 0 Å². The van der Waals surface area contributed by atoms with Gasteiger partial charge in [0, 0.05) is 42.8 Å². The number of benzene rings is 1. The molecule has 1 fully saturated rings. The second kappa shape index (κ2) is 8.23. The van der Waals surface area contributed by atoms with Crippen LogP contribution in [0, 0.1) is 5.92 Å². The zero-order chi connectivity index (χ0) is 20.4. The molecular formula is C23H28N4O2. The number of aromatic nitrogens is 3. The fourth-order valence-electron chi connectivity index (χ4n) is 4.09. The van der Waals surface area contributed by atoms with Crippen LogP contribution < -0.4 is 5.56 Å². The number of aromatic amines is 1. The molecule has 1 saturated heterocycles. The fourth-order valence-corrected chi connectivity index (χ4v) is 4.09. The molecule has 2 aromatic heterocycles. The van der Waals surface area contributed by atoms with E-state index in [1.54, 1.807) is 17.0 Å². The lowest BCUT2D eigenvalue weighted by Gasteiger charge is -2.32. The van der Waals surface area contributed by atoms with E-state index >= 15 is 0 Å². The Kier molecular flexibility index (Phi) is 5.51. The molecule has 4 rings (SSSR count). The largest absolute Gasteiger partial charge is 0.361 e. The normalized spacial score (nSPS) is 15.3. The van der Waals surface area contributed by atoms with Crippen molar-refractivity contribution < 1.29 is 4.79 Å². The SMILES string of the molecule is CC(C)c1cc(=O)n(CC2CCN(C(=O)Cc3c[nH]c4ccccc34)CC2)cn1. The van der Waals surface area contributed by atoms with Crippen molar-refractivity contribution in [1.82, 2.24) is 19.4 Å².